The van der Waals surface area contributed by atoms with Gasteiger partial charge in [0.1, 0.15) is 0 Å². The number of thioether (sulfide) groups is 1. The van der Waals surface area contributed by atoms with Crippen LogP contribution in [0.1, 0.15) is 56.3 Å². The summed E-state index contributed by atoms with van der Waals surface area (Å²) in [6.45, 7) is 5.66. The van der Waals surface area contributed by atoms with Crippen molar-refractivity contribution < 1.29 is 27.5 Å². The number of esters is 1. The maximum Gasteiger partial charge on any atom is 0.416 e. The summed E-state index contributed by atoms with van der Waals surface area (Å²) in [5.74, 6) is -0.825. The number of amides is 1. The fraction of sp³-hybridized carbons (Fsp3) is 0.321. The van der Waals surface area contributed by atoms with Crippen LogP contribution in [0.15, 0.2) is 76.3 Å². The van der Waals surface area contributed by atoms with Crippen molar-refractivity contribution in [3.8, 4) is 0 Å². The molecule has 0 radical (unpaired) electrons. The van der Waals surface area contributed by atoms with Crippen LogP contribution in [0, 0.1) is 0 Å². The second-order valence-corrected chi connectivity index (χ2v) is 9.75. The molecule has 10 heteroatoms. The lowest BCUT2D eigenvalue weighted by Gasteiger charge is -2.37. The van der Waals surface area contributed by atoms with Gasteiger partial charge in [0.15, 0.2) is 5.17 Å². The van der Waals surface area contributed by atoms with E-state index in [0.717, 1.165) is 18.6 Å². The average Bonchev–Trinajstić information content (AvgIpc) is 3.29. The van der Waals surface area contributed by atoms with Gasteiger partial charge in [-0.25, -0.2) is 9.79 Å². The molecule has 0 aromatic heterocycles. The molecule has 0 aliphatic carbocycles. The number of rotatable bonds is 8. The Labute approximate surface area is 223 Å². The van der Waals surface area contributed by atoms with Crippen LogP contribution in [-0.2, 0) is 20.5 Å². The summed E-state index contributed by atoms with van der Waals surface area (Å²) in [5, 5.41) is 5.25. The molecule has 4 rings (SSSR count). The van der Waals surface area contributed by atoms with Crippen molar-refractivity contribution in [3.63, 3.8) is 0 Å². The summed E-state index contributed by atoms with van der Waals surface area (Å²) in [6, 6.07) is 12.9. The van der Waals surface area contributed by atoms with Gasteiger partial charge in [-0.2, -0.15) is 13.2 Å². The molecule has 2 atom stereocenters. The summed E-state index contributed by atoms with van der Waals surface area (Å²) in [6.07, 6.45) is -3.72. The fourth-order valence-corrected chi connectivity index (χ4v) is 5.17. The lowest BCUT2D eigenvalue weighted by molar-refractivity contribution is -0.139. The van der Waals surface area contributed by atoms with Crippen LogP contribution in [-0.4, -0.2) is 34.6 Å². The molecule has 38 heavy (non-hydrogen) atoms. The predicted octanol–water partition coefficient (Wildman–Crippen LogP) is 6.29. The molecular weight excluding hydrogens is 515 g/mol. The van der Waals surface area contributed by atoms with Crippen molar-refractivity contribution in [1.29, 1.82) is 0 Å². The molecule has 0 bridgehead atoms. The van der Waals surface area contributed by atoms with E-state index >= 15 is 0 Å². The fourth-order valence-electron chi connectivity index (χ4n) is 4.25. The first-order valence-electron chi connectivity index (χ1n) is 12.3. The third-order valence-corrected chi connectivity index (χ3v) is 7.16. The zero-order chi connectivity index (χ0) is 27.4. The first-order valence-corrected chi connectivity index (χ1v) is 13.2. The molecule has 0 fully saturated rings. The minimum atomic E-state index is -4.50. The number of halogens is 3. The molecule has 0 saturated heterocycles. The Bertz CT molecular complexity index is 1290. The SMILES string of the molecule is CCOC(=O)C1=C(c2ccccc2)N=C2SC=C(CC(=O)N[C@H](C)CC)N2[C@@H]1c1ccc(C(F)(F)F)cc1. The van der Waals surface area contributed by atoms with E-state index in [1.807, 2.05) is 44.2 Å². The summed E-state index contributed by atoms with van der Waals surface area (Å²) in [7, 11) is 0. The third kappa shape index (κ3) is 5.80. The van der Waals surface area contributed by atoms with Gasteiger partial charge in [0, 0.05) is 17.3 Å². The maximum absolute atomic E-state index is 13.4. The molecule has 0 spiro atoms. The van der Waals surface area contributed by atoms with E-state index in [4.69, 9.17) is 9.73 Å². The number of nitrogens with one attached hydrogen (secondary N) is 1. The highest BCUT2D eigenvalue weighted by Crippen LogP contribution is 2.47. The smallest absolute Gasteiger partial charge is 0.416 e. The molecule has 1 N–H and O–H groups in total. The van der Waals surface area contributed by atoms with E-state index in [9.17, 15) is 22.8 Å². The van der Waals surface area contributed by atoms with Crippen molar-refractivity contribution in [1.82, 2.24) is 10.2 Å². The van der Waals surface area contributed by atoms with E-state index in [2.05, 4.69) is 5.32 Å². The number of carbonyl (C=O) groups excluding carboxylic acids is 2. The Morgan fingerprint density at radius 2 is 1.79 bits per heavy atom. The lowest BCUT2D eigenvalue weighted by Crippen LogP contribution is -2.39. The number of carbonyl (C=O) groups is 2. The van der Waals surface area contributed by atoms with Crippen LogP contribution < -0.4 is 5.32 Å². The molecule has 2 aliphatic heterocycles. The highest BCUT2D eigenvalue weighted by molar-refractivity contribution is 8.16. The van der Waals surface area contributed by atoms with E-state index in [-0.39, 0.29) is 30.5 Å². The number of ether oxygens (including phenoxy) is 1. The van der Waals surface area contributed by atoms with Crippen LogP contribution in [0.4, 0.5) is 13.2 Å². The quantitative estimate of drug-likeness (QED) is 0.397. The van der Waals surface area contributed by atoms with Gasteiger partial charge in [-0.1, -0.05) is 61.2 Å². The second-order valence-electron chi connectivity index (χ2n) is 8.92. The minimum absolute atomic E-state index is 0.0166. The van der Waals surface area contributed by atoms with Crippen molar-refractivity contribution in [3.05, 3.63) is 88.0 Å². The number of amidine groups is 1. The number of nitrogens with zero attached hydrogens (tertiary/aromatic N) is 2. The average molecular weight is 544 g/mol. The maximum atomic E-state index is 13.4. The van der Waals surface area contributed by atoms with Crippen molar-refractivity contribution in [2.24, 2.45) is 4.99 Å². The molecule has 2 aromatic rings. The molecule has 6 nitrogen and oxygen atoms in total. The Kier molecular flexibility index (Phi) is 8.30. The van der Waals surface area contributed by atoms with Gasteiger partial charge in [0.05, 0.1) is 35.9 Å². The standard InChI is InChI=1S/C28H28F3N3O3S/c1-4-17(3)32-22(35)15-21-16-38-27-33-24(18-9-7-6-8-10-18)23(26(36)37-5-2)25(34(21)27)19-11-13-20(14-12-19)28(29,30)31/h6-14,16-17,25H,4-5,15H2,1-3H3,(H,32,35)/t17-,25-/m1/s1. The van der Waals surface area contributed by atoms with Crippen molar-refractivity contribution in [2.75, 3.05) is 6.61 Å². The van der Waals surface area contributed by atoms with Gasteiger partial charge in [-0.3, -0.25) is 4.79 Å². The predicted molar refractivity (Wildman–Crippen MR) is 142 cm³/mol. The summed E-state index contributed by atoms with van der Waals surface area (Å²) < 4.78 is 45.4. The van der Waals surface area contributed by atoms with Gasteiger partial charge in [0.25, 0.3) is 0 Å². The number of alkyl halides is 3. The van der Waals surface area contributed by atoms with Crippen LogP contribution in [0.3, 0.4) is 0 Å². The van der Waals surface area contributed by atoms with Gasteiger partial charge in [0.2, 0.25) is 5.91 Å². The largest absolute Gasteiger partial charge is 0.463 e. The van der Waals surface area contributed by atoms with Crippen LogP contribution in [0.2, 0.25) is 0 Å². The van der Waals surface area contributed by atoms with Gasteiger partial charge < -0.3 is 15.0 Å². The summed E-state index contributed by atoms with van der Waals surface area (Å²) in [5.41, 5.74) is 1.48. The number of hydrogen-bond acceptors (Lipinski definition) is 6. The number of aliphatic imine (C=N–C) groups is 1. The van der Waals surface area contributed by atoms with Gasteiger partial charge in [-0.05, 0) is 43.4 Å². The summed E-state index contributed by atoms with van der Waals surface area (Å²) >= 11 is 1.30. The lowest BCUT2D eigenvalue weighted by atomic mass is 9.91. The highest BCUT2D eigenvalue weighted by Gasteiger charge is 2.42. The second kappa shape index (κ2) is 11.5. The number of hydrogen-bond donors (Lipinski definition) is 1. The van der Waals surface area contributed by atoms with E-state index in [1.165, 1.54) is 23.9 Å². The molecule has 1 amide bonds. The van der Waals surface area contributed by atoms with E-state index < -0.39 is 23.8 Å². The van der Waals surface area contributed by atoms with Crippen LogP contribution in [0.25, 0.3) is 5.70 Å². The molecule has 0 saturated carbocycles. The van der Waals surface area contributed by atoms with Gasteiger partial charge in [-0.15, -0.1) is 0 Å². The van der Waals surface area contributed by atoms with Crippen molar-refractivity contribution in [2.45, 2.75) is 51.9 Å². The molecule has 200 valence electrons. The Hall–Kier alpha value is -3.53. The minimum Gasteiger partial charge on any atom is -0.463 e. The zero-order valence-corrected chi connectivity index (χ0v) is 22.0. The Balaban J connectivity index is 1.85. The number of fused-ring (bicyclic) bond motifs is 1. The van der Waals surface area contributed by atoms with Crippen molar-refractivity contribution >= 4 is 34.5 Å². The molecular formula is C28H28F3N3O3S. The van der Waals surface area contributed by atoms with E-state index in [1.54, 1.807) is 17.2 Å². The molecule has 0 unspecified atom stereocenters. The summed E-state index contributed by atoms with van der Waals surface area (Å²) in [4.78, 5) is 32.8. The third-order valence-electron chi connectivity index (χ3n) is 6.27. The molecule has 2 aromatic carbocycles. The van der Waals surface area contributed by atoms with E-state index in [0.29, 0.717) is 27.7 Å². The normalized spacial score (nSPS) is 17.9. The first-order chi connectivity index (χ1) is 18.1. The van der Waals surface area contributed by atoms with Crippen LogP contribution in [0.5, 0.6) is 0 Å². The Morgan fingerprint density at radius 1 is 1.11 bits per heavy atom. The molecule has 2 heterocycles. The Morgan fingerprint density at radius 3 is 2.39 bits per heavy atom. The monoisotopic (exact) mass is 543 g/mol. The highest BCUT2D eigenvalue weighted by atomic mass is 32.2. The molecule has 2 aliphatic rings. The van der Waals surface area contributed by atoms with Gasteiger partial charge >= 0.3 is 12.1 Å². The first kappa shape index (κ1) is 27.5. The number of benzene rings is 2. The zero-order valence-electron chi connectivity index (χ0n) is 21.2. The van der Waals surface area contributed by atoms with Crippen LogP contribution >= 0.6 is 11.8 Å². The topological polar surface area (TPSA) is 71.0 Å².